The van der Waals surface area contributed by atoms with Gasteiger partial charge in [0.1, 0.15) is 6.04 Å². The van der Waals surface area contributed by atoms with Crippen LogP contribution in [0.5, 0.6) is 0 Å². The van der Waals surface area contributed by atoms with Crippen LogP contribution in [0.3, 0.4) is 0 Å². The first-order chi connectivity index (χ1) is 7.71. The maximum atomic E-state index is 12.4. The molecular formula is C13H21NO3. The van der Waals surface area contributed by atoms with E-state index < -0.39 is 12.0 Å². The first-order valence-corrected chi connectivity index (χ1v) is 6.24. The molecule has 1 saturated carbocycles. The molecule has 2 fully saturated rings. The van der Waals surface area contributed by atoms with Gasteiger partial charge in [0, 0.05) is 12.5 Å². The molecular weight excluding hydrogens is 218 g/mol. The van der Waals surface area contributed by atoms with E-state index >= 15 is 0 Å². The number of rotatable bonds is 2. The number of hydrogen-bond acceptors (Lipinski definition) is 2. The van der Waals surface area contributed by atoms with Crippen LogP contribution in [0.1, 0.15) is 40.5 Å². The molecule has 1 N–H and O–H groups in total. The fraction of sp³-hybridized carbons (Fsp3) is 0.846. The average molecular weight is 239 g/mol. The summed E-state index contributed by atoms with van der Waals surface area (Å²) < 4.78 is 0. The molecule has 2 aliphatic rings. The van der Waals surface area contributed by atoms with Crippen molar-refractivity contribution in [3.05, 3.63) is 0 Å². The smallest absolute Gasteiger partial charge is 0.326 e. The minimum Gasteiger partial charge on any atom is -0.480 e. The standard InChI is InChI=1S/C13H21NO3/c1-12(2)9(13(12,3)4)10(15)14-7-5-6-8(14)11(16)17/h8-9H,5-7H2,1-4H3,(H,16,17)/t8-/m0/s1. The summed E-state index contributed by atoms with van der Waals surface area (Å²) in [4.78, 5) is 25.1. The Balaban J connectivity index is 2.15. The van der Waals surface area contributed by atoms with Crippen LogP contribution < -0.4 is 0 Å². The Bertz CT molecular complexity index is 359. The van der Waals surface area contributed by atoms with E-state index in [4.69, 9.17) is 5.11 Å². The van der Waals surface area contributed by atoms with E-state index in [0.717, 1.165) is 6.42 Å². The van der Waals surface area contributed by atoms with Crippen molar-refractivity contribution in [2.45, 2.75) is 46.6 Å². The minimum absolute atomic E-state index is 0.0181. The lowest BCUT2D eigenvalue weighted by atomic mass is 10.0. The summed E-state index contributed by atoms with van der Waals surface area (Å²) in [5, 5.41) is 9.10. The quantitative estimate of drug-likeness (QED) is 0.798. The number of carbonyl (C=O) groups is 2. The highest BCUT2D eigenvalue weighted by atomic mass is 16.4. The lowest BCUT2D eigenvalue weighted by molar-refractivity contribution is -0.149. The van der Waals surface area contributed by atoms with E-state index in [1.165, 1.54) is 0 Å². The minimum atomic E-state index is -0.868. The molecule has 96 valence electrons. The van der Waals surface area contributed by atoms with E-state index in [-0.39, 0.29) is 22.7 Å². The lowest BCUT2D eigenvalue weighted by Gasteiger charge is -2.22. The molecule has 4 heteroatoms. The van der Waals surface area contributed by atoms with Crippen molar-refractivity contribution < 1.29 is 14.7 Å². The van der Waals surface area contributed by atoms with Crippen LogP contribution in [-0.2, 0) is 9.59 Å². The third-order valence-corrected chi connectivity index (χ3v) is 5.09. The van der Waals surface area contributed by atoms with Gasteiger partial charge in [-0.25, -0.2) is 4.79 Å². The summed E-state index contributed by atoms with van der Waals surface area (Å²) in [6, 6.07) is -0.602. The van der Waals surface area contributed by atoms with Crippen molar-refractivity contribution in [2.24, 2.45) is 16.7 Å². The second-order valence-electron chi connectivity index (χ2n) is 6.40. The molecule has 1 aliphatic heterocycles. The molecule has 0 aromatic rings. The molecule has 0 radical (unpaired) electrons. The van der Waals surface area contributed by atoms with Gasteiger partial charge in [-0.3, -0.25) is 4.79 Å². The Morgan fingerprint density at radius 1 is 1.18 bits per heavy atom. The summed E-state index contributed by atoms with van der Waals surface area (Å²) >= 11 is 0. The fourth-order valence-corrected chi connectivity index (χ4v) is 3.27. The van der Waals surface area contributed by atoms with Gasteiger partial charge < -0.3 is 10.0 Å². The third-order valence-electron chi connectivity index (χ3n) is 5.09. The van der Waals surface area contributed by atoms with Crippen molar-refractivity contribution in [2.75, 3.05) is 6.54 Å². The topological polar surface area (TPSA) is 57.6 Å². The van der Waals surface area contributed by atoms with E-state index in [2.05, 4.69) is 27.7 Å². The number of carboxylic acids is 1. The highest BCUT2D eigenvalue weighted by molar-refractivity contribution is 5.89. The number of aliphatic carboxylic acids is 1. The molecule has 1 amide bonds. The largest absolute Gasteiger partial charge is 0.480 e. The molecule has 1 atom stereocenters. The van der Waals surface area contributed by atoms with Crippen LogP contribution in [-0.4, -0.2) is 34.5 Å². The van der Waals surface area contributed by atoms with Gasteiger partial charge in [-0.15, -0.1) is 0 Å². The van der Waals surface area contributed by atoms with Crippen molar-refractivity contribution in [3.8, 4) is 0 Å². The maximum absolute atomic E-state index is 12.4. The predicted molar refractivity (Wildman–Crippen MR) is 63.4 cm³/mol. The first kappa shape index (κ1) is 12.4. The maximum Gasteiger partial charge on any atom is 0.326 e. The Hall–Kier alpha value is -1.06. The predicted octanol–water partition coefficient (Wildman–Crippen LogP) is 1.74. The van der Waals surface area contributed by atoms with Crippen molar-refractivity contribution in [1.29, 1.82) is 0 Å². The first-order valence-electron chi connectivity index (χ1n) is 6.24. The van der Waals surface area contributed by atoms with Gasteiger partial charge in [-0.05, 0) is 23.7 Å². The van der Waals surface area contributed by atoms with Crippen molar-refractivity contribution in [1.82, 2.24) is 4.90 Å². The molecule has 0 unspecified atom stereocenters. The van der Waals surface area contributed by atoms with Crippen LogP contribution in [0.25, 0.3) is 0 Å². The van der Waals surface area contributed by atoms with E-state index in [1.807, 2.05) is 0 Å². The van der Waals surface area contributed by atoms with Crippen molar-refractivity contribution in [3.63, 3.8) is 0 Å². The van der Waals surface area contributed by atoms with Crippen LogP contribution in [0.4, 0.5) is 0 Å². The SMILES string of the molecule is CC1(C)C(C(=O)N2CCC[C@H]2C(=O)O)C1(C)C. The van der Waals surface area contributed by atoms with E-state index in [0.29, 0.717) is 13.0 Å². The van der Waals surface area contributed by atoms with E-state index in [9.17, 15) is 9.59 Å². The number of hydrogen-bond donors (Lipinski definition) is 1. The average Bonchev–Trinajstić information content (AvgIpc) is 2.55. The zero-order valence-electron chi connectivity index (χ0n) is 11.0. The van der Waals surface area contributed by atoms with Gasteiger partial charge in [0.05, 0.1) is 0 Å². The Labute approximate surface area is 102 Å². The molecule has 0 spiro atoms. The number of carbonyl (C=O) groups excluding carboxylic acids is 1. The number of likely N-dealkylation sites (tertiary alicyclic amines) is 1. The fourth-order valence-electron chi connectivity index (χ4n) is 3.27. The normalized spacial score (nSPS) is 30.4. The summed E-state index contributed by atoms with van der Waals surface area (Å²) in [5.41, 5.74) is -0.0363. The molecule has 0 aromatic carbocycles. The zero-order valence-corrected chi connectivity index (χ0v) is 11.0. The molecule has 0 aromatic heterocycles. The number of amides is 1. The Morgan fingerprint density at radius 3 is 2.12 bits per heavy atom. The monoisotopic (exact) mass is 239 g/mol. The number of nitrogens with zero attached hydrogens (tertiary/aromatic N) is 1. The highest BCUT2D eigenvalue weighted by Crippen LogP contribution is 2.69. The molecule has 2 rings (SSSR count). The van der Waals surface area contributed by atoms with Gasteiger partial charge >= 0.3 is 5.97 Å². The van der Waals surface area contributed by atoms with Crippen LogP contribution in [0.15, 0.2) is 0 Å². The summed E-state index contributed by atoms with van der Waals surface area (Å²) in [6.07, 6.45) is 1.39. The Morgan fingerprint density at radius 2 is 1.71 bits per heavy atom. The third kappa shape index (κ3) is 1.57. The second kappa shape index (κ2) is 3.47. The van der Waals surface area contributed by atoms with Gasteiger partial charge in [0.25, 0.3) is 0 Å². The molecule has 0 bridgehead atoms. The lowest BCUT2D eigenvalue weighted by Crippen LogP contribution is -2.42. The van der Waals surface area contributed by atoms with Gasteiger partial charge in [-0.2, -0.15) is 0 Å². The Kier molecular flexibility index (Phi) is 2.53. The van der Waals surface area contributed by atoms with Crippen LogP contribution in [0.2, 0.25) is 0 Å². The highest BCUT2D eigenvalue weighted by Gasteiger charge is 2.69. The van der Waals surface area contributed by atoms with Crippen molar-refractivity contribution >= 4 is 11.9 Å². The van der Waals surface area contributed by atoms with Gasteiger partial charge in [0.15, 0.2) is 0 Å². The summed E-state index contributed by atoms with van der Waals surface area (Å²) in [5.74, 6) is -0.869. The molecule has 4 nitrogen and oxygen atoms in total. The molecule has 1 heterocycles. The molecule has 1 saturated heterocycles. The number of carboxylic acid groups (broad SMARTS) is 1. The van der Waals surface area contributed by atoms with Gasteiger partial charge in [-0.1, -0.05) is 27.7 Å². The van der Waals surface area contributed by atoms with Crippen LogP contribution >= 0.6 is 0 Å². The van der Waals surface area contributed by atoms with E-state index in [1.54, 1.807) is 4.90 Å². The zero-order chi connectivity index (χ0) is 13.0. The van der Waals surface area contributed by atoms with Gasteiger partial charge in [0.2, 0.25) is 5.91 Å². The summed E-state index contributed by atoms with van der Waals surface area (Å²) in [6.45, 7) is 8.93. The second-order valence-corrected chi connectivity index (χ2v) is 6.40. The molecule has 17 heavy (non-hydrogen) atoms. The van der Waals surface area contributed by atoms with Crippen LogP contribution in [0, 0.1) is 16.7 Å². The molecule has 1 aliphatic carbocycles. The summed E-state index contributed by atoms with van der Waals surface area (Å²) in [7, 11) is 0.